The second kappa shape index (κ2) is 14.7. The maximum Gasteiger partial charge on any atom is 0.417 e. The Hall–Kier alpha value is -1.38. The third-order valence-corrected chi connectivity index (χ3v) is 8.58. The SMILES string of the molecule is O=[PH](O)OCCCNCc1ccc(SCCCCC2(c3ccccc3F)CCCCC2)c(C(F)(F)F)c1. The molecule has 0 saturated heterocycles. The molecule has 0 heterocycles. The number of unbranched alkanes of at least 4 members (excludes halogenated alkanes) is 1. The Morgan fingerprint density at radius 3 is 2.51 bits per heavy atom. The van der Waals surface area contributed by atoms with Gasteiger partial charge in [0.25, 0.3) is 0 Å². The molecule has 0 aliphatic heterocycles. The second-order valence-corrected chi connectivity index (χ2v) is 11.6. The summed E-state index contributed by atoms with van der Waals surface area (Å²) in [4.78, 5) is 8.84. The minimum Gasteiger partial charge on any atom is -0.326 e. The summed E-state index contributed by atoms with van der Waals surface area (Å²) < 4.78 is 71.0. The maximum absolute atomic E-state index is 14.6. The van der Waals surface area contributed by atoms with Crippen molar-refractivity contribution in [2.75, 3.05) is 18.9 Å². The average Bonchev–Trinajstić information content (AvgIpc) is 2.86. The van der Waals surface area contributed by atoms with Crippen LogP contribution < -0.4 is 5.32 Å². The summed E-state index contributed by atoms with van der Waals surface area (Å²) in [5.74, 6) is 0.418. The molecule has 4 nitrogen and oxygen atoms in total. The number of rotatable bonds is 14. The van der Waals surface area contributed by atoms with Gasteiger partial charge >= 0.3 is 14.4 Å². The highest BCUT2D eigenvalue weighted by Crippen LogP contribution is 2.44. The van der Waals surface area contributed by atoms with E-state index in [1.165, 1.54) is 36.4 Å². The monoisotopic (exact) mass is 561 g/mol. The number of hydrogen-bond donors (Lipinski definition) is 2. The molecular weight excluding hydrogens is 525 g/mol. The first-order valence-electron chi connectivity index (χ1n) is 12.9. The van der Waals surface area contributed by atoms with E-state index in [-0.39, 0.29) is 29.3 Å². The normalized spacial score (nSPS) is 16.6. The molecule has 2 aromatic rings. The van der Waals surface area contributed by atoms with Crippen molar-refractivity contribution in [3.8, 4) is 0 Å². The van der Waals surface area contributed by atoms with E-state index in [1.54, 1.807) is 12.1 Å². The Bertz CT molecular complexity index is 1020. The average molecular weight is 562 g/mol. The molecule has 1 fully saturated rings. The smallest absolute Gasteiger partial charge is 0.326 e. The van der Waals surface area contributed by atoms with Crippen LogP contribution in [0.2, 0.25) is 0 Å². The van der Waals surface area contributed by atoms with Crippen LogP contribution in [0.3, 0.4) is 0 Å². The van der Waals surface area contributed by atoms with Crippen LogP contribution in [-0.2, 0) is 27.2 Å². The fourth-order valence-electron chi connectivity index (χ4n) is 5.15. The van der Waals surface area contributed by atoms with E-state index in [0.717, 1.165) is 50.5 Å². The van der Waals surface area contributed by atoms with Gasteiger partial charge in [0.05, 0.1) is 12.2 Å². The van der Waals surface area contributed by atoms with Crippen LogP contribution in [0.25, 0.3) is 0 Å². The Balaban J connectivity index is 1.52. The topological polar surface area (TPSA) is 58.6 Å². The van der Waals surface area contributed by atoms with Crippen LogP contribution in [-0.4, -0.2) is 23.8 Å². The van der Waals surface area contributed by atoms with Gasteiger partial charge in [0.15, 0.2) is 0 Å². The van der Waals surface area contributed by atoms with Gasteiger partial charge in [-0.1, -0.05) is 49.9 Å². The van der Waals surface area contributed by atoms with E-state index in [2.05, 4.69) is 9.84 Å². The van der Waals surface area contributed by atoms with Crippen molar-refractivity contribution >= 4 is 20.0 Å². The van der Waals surface area contributed by atoms with E-state index < -0.39 is 20.0 Å². The molecule has 3 rings (SSSR count). The molecule has 206 valence electrons. The molecule has 1 aliphatic carbocycles. The summed E-state index contributed by atoms with van der Waals surface area (Å²) in [5, 5.41) is 3.03. The zero-order valence-corrected chi connectivity index (χ0v) is 22.7. The zero-order chi connectivity index (χ0) is 26.7. The molecular formula is C27H36F4NO3PS. The number of thioether (sulfide) groups is 1. The van der Waals surface area contributed by atoms with Gasteiger partial charge in [0.1, 0.15) is 5.82 Å². The van der Waals surface area contributed by atoms with Crippen LogP contribution in [0.4, 0.5) is 17.6 Å². The van der Waals surface area contributed by atoms with Gasteiger partial charge in [-0.2, -0.15) is 13.2 Å². The predicted molar refractivity (Wildman–Crippen MR) is 141 cm³/mol. The van der Waals surface area contributed by atoms with Crippen LogP contribution in [0.1, 0.15) is 74.5 Å². The molecule has 2 N–H and O–H groups in total. The minimum atomic E-state index is -4.45. The lowest BCUT2D eigenvalue weighted by atomic mass is 9.66. The molecule has 1 aliphatic rings. The first-order valence-corrected chi connectivity index (χ1v) is 15.1. The largest absolute Gasteiger partial charge is 0.417 e. The highest BCUT2D eigenvalue weighted by atomic mass is 32.2. The highest BCUT2D eigenvalue weighted by Gasteiger charge is 2.36. The quantitative estimate of drug-likeness (QED) is 0.106. The summed E-state index contributed by atoms with van der Waals surface area (Å²) in [6.07, 6.45) is 3.75. The number of hydrogen-bond acceptors (Lipinski definition) is 4. The third-order valence-electron chi connectivity index (χ3n) is 6.97. The van der Waals surface area contributed by atoms with Gasteiger partial charge in [-0.05, 0) is 79.1 Å². The summed E-state index contributed by atoms with van der Waals surface area (Å²) in [7, 11) is -2.95. The van der Waals surface area contributed by atoms with Crippen molar-refractivity contribution in [1.29, 1.82) is 0 Å². The standard InChI is InChI=1S/C27H36F4NO3PS/c28-24-10-3-2-9-22(24)26(13-4-1-5-14-26)15-6-7-18-37-25-12-11-21(19-23(25)27(29,30)31)20-32-16-8-17-35-36(33)34/h2-3,9-12,19,32,36H,1,4-8,13-18,20H2,(H,33,34). The molecule has 1 unspecified atom stereocenters. The van der Waals surface area contributed by atoms with E-state index >= 15 is 0 Å². The van der Waals surface area contributed by atoms with Crippen molar-refractivity contribution in [3.05, 3.63) is 65.0 Å². The number of benzene rings is 2. The summed E-state index contributed by atoms with van der Waals surface area (Å²) >= 11 is 1.22. The van der Waals surface area contributed by atoms with Crippen molar-refractivity contribution < 1.29 is 31.5 Å². The second-order valence-electron chi connectivity index (χ2n) is 9.60. The summed E-state index contributed by atoms with van der Waals surface area (Å²) in [6, 6.07) is 11.4. The fourth-order valence-corrected chi connectivity index (χ4v) is 6.53. The highest BCUT2D eigenvalue weighted by molar-refractivity contribution is 7.99. The first-order chi connectivity index (χ1) is 17.7. The van der Waals surface area contributed by atoms with Gasteiger partial charge in [-0.15, -0.1) is 11.8 Å². The van der Waals surface area contributed by atoms with E-state index in [4.69, 9.17) is 4.89 Å². The molecule has 1 saturated carbocycles. The number of alkyl halides is 3. The van der Waals surface area contributed by atoms with Crippen LogP contribution in [0.15, 0.2) is 47.4 Å². The number of nitrogens with one attached hydrogen (secondary N) is 1. The molecule has 0 spiro atoms. The van der Waals surface area contributed by atoms with Crippen LogP contribution in [0, 0.1) is 5.82 Å². The van der Waals surface area contributed by atoms with E-state index in [9.17, 15) is 22.1 Å². The van der Waals surface area contributed by atoms with Gasteiger partial charge in [-0.3, -0.25) is 4.57 Å². The Morgan fingerprint density at radius 2 is 1.81 bits per heavy atom. The molecule has 0 aromatic heterocycles. The van der Waals surface area contributed by atoms with Crippen molar-refractivity contribution in [3.63, 3.8) is 0 Å². The first kappa shape index (κ1) is 30.2. The summed E-state index contributed by atoms with van der Waals surface area (Å²) in [6.45, 7) is 0.841. The molecule has 0 amide bonds. The van der Waals surface area contributed by atoms with Gasteiger partial charge < -0.3 is 14.7 Å². The predicted octanol–water partition coefficient (Wildman–Crippen LogP) is 7.89. The lowest BCUT2D eigenvalue weighted by Gasteiger charge is -2.38. The fraction of sp³-hybridized carbons (Fsp3) is 0.556. The lowest BCUT2D eigenvalue weighted by Crippen LogP contribution is -2.30. The van der Waals surface area contributed by atoms with Gasteiger partial charge in [0.2, 0.25) is 0 Å². The molecule has 0 radical (unpaired) electrons. The maximum atomic E-state index is 14.6. The van der Waals surface area contributed by atoms with E-state index in [0.29, 0.717) is 24.3 Å². The third kappa shape index (κ3) is 9.39. The molecule has 0 bridgehead atoms. The molecule has 2 aromatic carbocycles. The van der Waals surface area contributed by atoms with Crippen LogP contribution >= 0.6 is 20.0 Å². The Morgan fingerprint density at radius 1 is 1.05 bits per heavy atom. The van der Waals surface area contributed by atoms with Crippen molar-refractivity contribution in [1.82, 2.24) is 5.32 Å². The van der Waals surface area contributed by atoms with Crippen molar-refractivity contribution in [2.24, 2.45) is 0 Å². The molecule has 37 heavy (non-hydrogen) atoms. The zero-order valence-electron chi connectivity index (χ0n) is 20.9. The van der Waals surface area contributed by atoms with Crippen molar-refractivity contribution in [2.45, 2.75) is 80.8 Å². The van der Waals surface area contributed by atoms with Gasteiger partial charge in [0, 0.05) is 11.4 Å². The lowest BCUT2D eigenvalue weighted by molar-refractivity contribution is -0.139. The van der Waals surface area contributed by atoms with E-state index in [1.807, 2.05) is 12.1 Å². The summed E-state index contributed by atoms with van der Waals surface area (Å²) in [5.41, 5.74) is 0.525. The molecule has 10 heteroatoms. The Kier molecular flexibility index (Phi) is 12.0. The number of halogens is 4. The van der Waals surface area contributed by atoms with Gasteiger partial charge in [-0.25, -0.2) is 4.39 Å². The van der Waals surface area contributed by atoms with Crippen LogP contribution in [0.5, 0.6) is 0 Å². The minimum absolute atomic E-state index is 0.117. The molecule has 1 atom stereocenters. The Labute approximate surface area is 221 Å².